The number of unbranched alkanes of at least 4 members (excludes halogenated alkanes) is 1. The van der Waals surface area contributed by atoms with E-state index in [1.54, 1.807) is 13.3 Å². The van der Waals surface area contributed by atoms with Gasteiger partial charge in [0.15, 0.2) is 11.6 Å². The third-order valence-corrected chi connectivity index (χ3v) is 2.14. The molecule has 0 aromatic rings. The number of nitrogens with two attached hydrogens (primary N) is 2. The molecule has 5 N–H and O–H groups in total. The van der Waals surface area contributed by atoms with Gasteiger partial charge in [0, 0.05) is 7.05 Å². The van der Waals surface area contributed by atoms with Crippen LogP contribution in [0.5, 0.6) is 0 Å². The van der Waals surface area contributed by atoms with Crippen LogP contribution in [-0.4, -0.2) is 31.4 Å². The van der Waals surface area contributed by atoms with Gasteiger partial charge in [-0.2, -0.15) is 0 Å². The molecule has 0 fully saturated rings. The Morgan fingerprint density at radius 2 is 2.33 bits per heavy atom. The second-order valence-corrected chi connectivity index (χ2v) is 3.34. The van der Waals surface area contributed by atoms with Gasteiger partial charge in [-0.1, -0.05) is 0 Å². The summed E-state index contributed by atoms with van der Waals surface area (Å²) in [7, 11) is 1.61. The zero-order valence-electron chi connectivity index (χ0n) is 8.85. The average Bonchev–Trinajstić information content (AvgIpc) is 2.67. The van der Waals surface area contributed by atoms with E-state index in [2.05, 4.69) is 25.7 Å². The SMILES string of the molecule is CN=C(N)NC1(CCCCN)C=NN=N1. The van der Waals surface area contributed by atoms with Crippen LogP contribution in [0.1, 0.15) is 19.3 Å². The third kappa shape index (κ3) is 3.28. The van der Waals surface area contributed by atoms with Crippen LogP contribution in [0.3, 0.4) is 0 Å². The Kier molecular flexibility index (Phi) is 4.17. The number of hydrogen-bond donors (Lipinski definition) is 3. The van der Waals surface area contributed by atoms with Crippen LogP contribution in [0.15, 0.2) is 20.4 Å². The van der Waals surface area contributed by atoms with Crippen LogP contribution in [-0.2, 0) is 0 Å². The molecule has 15 heavy (non-hydrogen) atoms. The van der Waals surface area contributed by atoms with Gasteiger partial charge in [-0.25, -0.2) is 0 Å². The minimum absolute atomic E-state index is 0.329. The van der Waals surface area contributed by atoms with Gasteiger partial charge in [-0.15, -0.1) is 10.2 Å². The fraction of sp³-hybridized carbons (Fsp3) is 0.750. The van der Waals surface area contributed by atoms with Crippen LogP contribution in [0.25, 0.3) is 0 Å². The number of guanidine groups is 1. The van der Waals surface area contributed by atoms with Gasteiger partial charge in [-0.05, 0) is 31.0 Å². The quantitative estimate of drug-likeness (QED) is 0.332. The van der Waals surface area contributed by atoms with Gasteiger partial charge in [-0.3, -0.25) is 4.99 Å². The Balaban J connectivity index is 2.55. The highest BCUT2D eigenvalue weighted by Gasteiger charge is 2.30. The topological polar surface area (TPSA) is 114 Å². The Morgan fingerprint density at radius 3 is 2.87 bits per heavy atom. The molecular weight excluding hydrogens is 194 g/mol. The molecule has 0 radical (unpaired) electrons. The van der Waals surface area contributed by atoms with Crippen molar-refractivity contribution in [2.75, 3.05) is 13.6 Å². The maximum absolute atomic E-state index is 5.59. The maximum Gasteiger partial charge on any atom is 0.192 e. The summed E-state index contributed by atoms with van der Waals surface area (Å²) in [6, 6.07) is 0. The molecule has 0 aliphatic carbocycles. The van der Waals surface area contributed by atoms with E-state index in [1.807, 2.05) is 0 Å². The molecule has 0 aromatic carbocycles. The van der Waals surface area contributed by atoms with Crippen molar-refractivity contribution in [3.8, 4) is 0 Å². The van der Waals surface area contributed by atoms with Crippen molar-refractivity contribution in [1.82, 2.24) is 5.32 Å². The van der Waals surface area contributed by atoms with E-state index in [0.717, 1.165) is 19.3 Å². The van der Waals surface area contributed by atoms with Gasteiger partial charge in [0.25, 0.3) is 0 Å². The van der Waals surface area contributed by atoms with Gasteiger partial charge < -0.3 is 16.8 Å². The largest absolute Gasteiger partial charge is 0.370 e. The van der Waals surface area contributed by atoms with Gasteiger partial charge in [0.2, 0.25) is 0 Å². The highest BCUT2D eigenvalue weighted by atomic mass is 15.5. The molecule has 7 heteroatoms. The first kappa shape index (κ1) is 11.6. The monoisotopic (exact) mass is 211 g/mol. The summed E-state index contributed by atoms with van der Waals surface area (Å²) in [5, 5.41) is 14.3. The number of hydrogen-bond acceptors (Lipinski definition) is 5. The zero-order valence-corrected chi connectivity index (χ0v) is 8.85. The van der Waals surface area contributed by atoms with Crippen LogP contribution in [0, 0.1) is 0 Å². The molecule has 1 aliphatic heterocycles. The molecule has 1 atom stereocenters. The fourth-order valence-electron chi connectivity index (χ4n) is 1.30. The zero-order chi connectivity index (χ0) is 11.1. The summed E-state index contributed by atoms with van der Waals surface area (Å²) in [5.74, 6) is 0.329. The molecule has 1 heterocycles. The molecule has 0 bridgehead atoms. The summed E-state index contributed by atoms with van der Waals surface area (Å²) in [6.45, 7) is 0.668. The lowest BCUT2D eigenvalue weighted by Crippen LogP contribution is -2.50. The predicted molar refractivity (Wildman–Crippen MR) is 59.7 cm³/mol. The second-order valence-electron chi connectivity index (χ2n) is 3.34. The van der Waals surface area contributed by atoms with Gasteiger partial charge >= 0.3 is 0 Å². The van der Waals surface area contributed by atoms with Crippen molar-refractivity contribution in [2.24, 2.45) is 31.9 Å². The minimum atomic E-state index is -0.626. The smallest absolute Gasteiger partial charge is 0.192 e. The van der Waals surface area contributed by atoms with Crippen LogP contribution in [0.2, 0.25) is 0 Å². The Bertz CT molecular complexity index is 269. The molecule has 7 nitrogen and oxygen atoms in total. The molecule has 0 saturated heterocycles. The van der Waals surface area contributed by atoms with Crippen molar-refractivity contribution < 1.29 is 0 Å². The molecule has 0 amide bonds. The third-order valence-electron chi connectivity index (χ3n) is 2.14. The summed E-state index contributed by atoms with van der Waals surface area (Å²) in [6.07, 6.45) is 4.27. The second kappa shape index (κ2) is 5.40. The average molecular weight is 211 g/mol. The normalized spacial score (nSPS) is 24.8. The van der Waals surface area contributed by atoms with Crippen LogP contribution < -0.4 is 16.8 Å². The molecule has 1 rings (SSSR count). The standard InChI is InChI=1S/C8H17N7/c1-11-7(10)13-8(4-2-3-5-9)6-12-15-14-8/h6H,2-5,9H2,1H3,(H3,10,11,13). The van der Waals surface area contributed by atoms with Crippen LogP contribution in [0.4, 0.5) is 0 Å². The molecule has 1 unspecified atom stereocenters. The first-order valence-electron chi connectivity index (χ1n) is 4.89. The van der Waals surface area contributed by atoms with Crippen molar-refractivity contribution >= 4 is 12.2 Å². The number of rotatable bonds is 5. The molecule has 84 valence electrons. The van der Waals surface area contributed by atoms with Gasteiger partial charge in [0.05, 0.1) is 6.21 Å². The van der Waals surface area contributed by atoms with E-state index < -0.39 is 5.66 Å². The van der Waals surface area contributed by atoms with Crippen molar-refractivity contribution in [2.45, 2.75) is 24.9 Å². The molecule has 0 aromatic heterocycles. The van der Waals surface area contributed by atoms with Crippen LogP contribution >= 0.6 is 0 Å². The molecule has 0 saturated carbocycles. The Hall–Kier alpha value is -1.50. The highest BCUT2D eigenvalue weighted by molar-refractivity contribution is 5.84. The van der Waals surface area contributed by atoms with E-state index in [-0.39, 0.29) is 0 Å². The number of nitrogens with one attached hydrogen (secondary N) is 1. The first-order chi connectivity index (χ1) is 7.22. The number of nitrogens with zero attached hydrogens (tertiary/aromatic N) is 4. The Morgan fingerprint density at radius 1 is 1.53 bits per heavy atom. The van der Waals surface area contributed by atoms with Gasteiger partial charge in [0.1, 0.15) is 0 Å². The fourth-order valence-corrected chi connectivity index (χ4v) is 1.30. The maximum atomic E-state index is 5.59. The highest BCUT2D eigenvalue weighted by Crippen LogP contribution is 2.18. The van der Waals surface area contributed by atoms with E-state index >= 15 is 0 Å². The molecular formula is C8H17N7. The Labute approximate surface area is 88.7 Å². The van der Waals surface area contributed by atoms with Crippen molar-refractivity contribution in [3.05, 3.63) is 0 Å². The van der Waals surface area contributed by atoms with E-state index in [4.69, 9.17) is 11.5 Å². The predicted octanol–water partition coefficient (Wildman–Crippen LogP) is -0.203. The summed E-state index contributed by atoms with van der Waals surface area (Å²) in [4.78, 5) is 3.82. The van der Waals surface area contributed by atoms with E-state index in [9.17, 15) is 0 Å². The summed E-state index contributed by atoms with van der Waals surface area (Å²) in [5.41, 5.74) is 10.4. The molecule has 1 aliphatic rings. The lowest BCUT2D eigenvalue weighted by atomic mass is 10.0. The lowest BCUT2D eigenvalue weighted by Gasteiger charge is -2.22. The lowest BCUT2D eigenvalue weighted by molar-refractivity contribution is 0.464. The first-order valence-corrected chi connectivity index (χ1v) is 4.89. The van der Waals surface area contributed by atoms with E-state index in [1.165, 1.54) is 0 Å². The van der Waals surface area contributed by atoms with Crippen molar-refractivity contribution in [1.29, 1.82) is 0 Å². The summed E-state index contributed by atoms with van der Waals surface area (Å²) >= 11 is 0. The molecule has 0 spiro atoms. The minimum Gasteiger partial charge on any atom is -0.370 e. The summed E-state index contributed by atoms with van der Waals surface area (Å²) < 4.78 is 0. The van der Waals surface area contributed by atoms with Crippen molar-refractivity contribution in [3.63, 3.8) is 0 Å². The van der Waals surface area contributed by atoms with E-state index in [0.29, 0.717) is 12.5 Å². The number of aliphatic imine (C=N–C) groups is 1.